The van der Waals surface area contributed by atoms with Crippen molar-refractivity contribution < 1.29 is 19.1 Å². The van der Waals surface area contributed by atoms with Crippen LogP contribution in [0.1, 0.15) is 24.2 Å². The van der Waals surface area contributed by atoms with E-state index in [0.717, 1.165) is 43.8 Å². The maximum absolute atomic E-state index is 12.5. The SMILES string of the molecule is CCOC(=O)c1cnc(S[C@@H](C)C(=O)Nc2ccc(N3CCOCC3)cc2)nc1N. The smallest absolute Gasteiger partial charge is 0.343 e. The molecule has 9 nitrogen and oxygen atoms in total. The highest BCUT2D eigenvalue weighted by molar-refractivity contribution is 8.00. The van der Waals surface area contributed by atoms with Crippen molar-refractivity contribution in [1.82, 2.24) is 9.97 Å². The summed E-state index contributed by atoms with van der Waals surface area (Å²) in [5, 5.41) is 2.74. The molecule has 3 N–H and O–H groups in total. The third kappa shape index (κ3) is 5.61. The van der Waals surface area contributed by atoms with Crippen molar-refractivity contribution >= 4 is 40.8 Å². The Bertz CT molecular complexity index is 887. The maximum atomic E-state index is 12.5. The first-order valence-electron chi connectivity index (χ1n) is 9.68. The third-order valence-corrected chi connectivity index (χ3v) is 5.43. The molecule has 0 saturated carbocycles. The molecular formula is C20H25N5O4S. The molecule has 1 fully saturated rings. The molecule has 160 valence electrons. The highest BCUT2D eigenvalue weighted by Gasteiger charge is 2.19. The lowest BCUT2D eigenvalue weighted by molar-refractivity contribution is -0.115. The molecule has 1 atom stereocenters. The minimum atomic E-state index is -0.571. The zero-order valence-corrected chi connectivity index (χ0v) is 17.8. The van der Waals surface area contributed by atoms with Gasteiger partial charge in [-0.15, -0.1) is 0 Å². The molecule has 0 bridgehead atoms. The molecular weight excluding hydrogens is 406 g/mol. The Morgan fingerprint density at radius 1 is 1.30 bits per heavy atom. The van der Waals surface area contributed by atoms with Crippen molar-refractivity contribution in [1.29, 1.82) is 0 Å². The average Bonchev–Trinajstić information content (AvgIpc) is 2.75. The van der Waals surface area contributed by atoms with Crippen LogP contribution in [0.25, 0.3) is 0 Å². The summed E-state index contributed by atoms with van der Waals surface area (Å²) in [5.41, 5.74) is 7.75. The van der Waals surface area contributed by atoms with Gasteiger partial charge in [0.25, 0.3) is 0 Å². The largest absolute Gasteiger partial charge is 0.462 e. The molecule has 2 aromatic rings. The predicted octanol–water partition coefficient (Wildman–Crippen LogP) is 2.19. The van der Waals surface area contributed by atoms with Crippen molar-refractivity contribution in [2.24, 2.45) is 0 Å². The summed E-state index contributed by atoms with van der Waals surface area (Å²) in [7, 11) is 0. The van der Waals surface area contributed by atoms with Gasteiger partial charge in [-0.25, -0.2) is 14.8 Å². The van der Waals surface area contributed by atoms with Crippen LogP contribution >= 0.6 is 11.8 Å². The Kier molecular flexibility index (Phi) is 7.47. The highest BCUT2D eigenvalue weighted by Crippen LogP contribution is 2.24. The number of nitrogen functional groups attached to an aromatic ring is 1. The number of hydrogen-bond donors (Lipinski definition) is 2. The molecule has 1 aliphatic rings. The van der Waals surface area contributed by atoms with Crippen molar-refractivity contribution in [3.63, 3.8) is 0 Å². The zero-order chi connectivity index (χ0) is 21.5. The number of hydrogen-bond acceptors (Lipinski definition) is 9. The fraction of sp³-hybridized carbons (Fsp3) is 0.400. The van der Waals surface area contributed by atoms with Gasteiger partial charge < -0.3 is 25.4 Å². The van der Waals surface area contributed by atoms with E-state index in [9.17, 15) is 9.59 Å². The van der Waals surface area contributed by atoms with Crippen LogP contribution in [0.15, 0.2) is 35.6 Å². The molecule has 0 unspecified atom stereocenters. The predicted molar refractivity (Wildman–Crippen MR) is 116 cm³/mol. The molecule has 30 heavy (non-hydrogen) atoms. The van der Waals surface area contributed by atoms with Crippen LogP contribution in [0.5, 0.6) is 0 Å². The molecule has 1 aromatic heterocycles. The number of nitrogens with zero attached hydrogens (tertiary/aromatic N) is 3. The molecule has 10 heteroatoms. The quantitative estimate of drug-likeness (QED) is 0.386. The molecule has 1 aromatic carbocycles. The molecule has 1 aliphatic heterocycles. The van der Waals surface area contributed by atoms with Crippen LogP contribution in [0.3, 0.4) is 0 Å². The minimum Gasteiger partial charge on any atom is -0.462 e. The van der Waals surface area contributed by atoms with Gasteiger partial charge in [0, 0.05) is 30.7 Å². The van der Waals surface area contributed by atoms with Gasteiger partial charge >= 0.3 is 5.97 Å². The van der Waals surface area contributed by atoms with E-state index in [-0.39, 0.29) is 23.9 Å². The van der Waals surface area contributed by atoms with E-state index in [4.69, 9.17) is 15.2 Å². The fourth-order valence-electron chi connectivity index (χ4n) is 2.83. The van der Waals surface area contributed by atoms with Crippen LogP contribution in [-0.4, -0.2) is 60.0 Å². The van der Waals surface area contributed by atoms with E-state index in [1.165, 1.54) is 6.20 Å². The number of morpholine rings is 1. The van der Waals surface area contributed by atoms with Gasteiger partial charge in [-0.1, -0.05) is 11.8 Å². The van der Waals surface area contributed by atoms with E-state index in [1.54, 1.807) is 13.8 Å². The summed E-state index contributed by atoms with van der Waals surface area (Å²) in [6.07, 6.45) is 1.32. The van der Waals surface area contributed by atoms with Gasteiger partial charge in [0.2, 0.25) is 5.91 Å². The third-order valence-electron chi connectivity index (χ3n) is 4.45. The summed E-state index contributed by atoms with van der Waals surface area (Å²) in [4.78, 5) is 34.8. The van der Waals surface area contributed by atoms with E-state index in [1.807, 2.05) is 24.3 Å². The number of carbonyl (C=O) groups excluding carboxylic acids is 2. The monoisotopic (exact) mass is 431 g/mol. The summed E-state index contributed by atoms with van der Waals surface area (Å²) in [6.45, 7) is 6.85. The Morgan fingerprint density at radius 2 is 2.00 bits per heavy atom. The lowest BCUT2D eigenvalue weighted by Gasteiger charge is -2.28. The first-order valence-corrected chi connectivity index (χ1v) is 10.6. The second-order valence-electron chi connectivity index (χ2n) is 6.57. The molecule has 1 saturated heterocycles. The molecule has 0 aliphatic carbocycles. The second-order valence-corrected chi connectivity index (χ2v) is 7.88. The number of esters is 1. The lowest BCUT2D eigenvalue weighted by Crippen LogP contribution is -2.36. The highest BCUT2D eigenvalue weighted by atomic mass is 32.2. The van der Waals surface area contributed by atoms with E-state index >= 15 is 0 Å². The number of anilines is 3. The molecule has 0 spiro atoms. The topological polar surface area (TPSA) is 120 Å². The number of nitrogens with one attached hydrogen (secondary N) is 1. The Labute approximate surface area is 179 Å². The average molecular weight is 432 g/mol. The number of nitrogens with two attached hydrogens (primary N) is 1. The van der Waals surface area contributed by atoms with E-state index in [2.05, 4.69) is 20.2 Å². The van der Waals surface area contributed by atoms with Crippen LogP contribution < -0.4 is 16.0 Å². The molecule has 1 amide bonds. The van der Waals surface area contributed by atoms with Crippen molar-refractivity contribution in [3.8, 4) is 0 Å². The Hall–Kier alpha value is -2.85. The van der Waals surface area contributed by atoms with Crippen molar-refractivity contribution in [3.05, 3.63) is 36.0 Å². The second kappa shape index (κ2) is 10.3. The number of amides is 1. The first-order chi connectivity index (χ1) is 14.5. The number of rotatable bonds is 7. The first kappa shape index (κ1) is 21.8. The summed E-state index contributed by atoms with van der Waals surface area (Å²) in [6, 6.07) is 7.72. The standard InChI is InChI=1S/C20H25N5O4S/c1-3-29-19(27)16-12-22-20(24-17(16)21)30-13(2)18(26)23-14-4-6-15(7-5-14)25-8-10-28-11-9-25/h4-7,12-13H,3,8-11H2,1-2H3,(H,23,26)(H2,21,22,24)/t13-/m0/s1. The number of thioether (sulfide) groups is 1. The Morgan fingerprint density at radius 3 is 2.63 bits per heavy atom. The van der Waals surface area contributed by atoms with Crippen LogP contribution in [0, 0.1) is 0 Å². The number of benzene rings is 1. The molecule has 2 heterocycles. The number of ether oxygens (including phenoxy) is 2. The summed E-state index contributed by atoms with van der Waals surface area (Å²) >= 11 is 1.16. The fourth-order valence-corrected chi connectivity index (χ4v) is 3.58. The normalized spacial score (nSPS) is 14.8. The van der Waals surface area contributed by atoms with Crippen molar-refractivity contribution in [2.75, 3.05) is 48.9 Å². The van der Waals surface area contributed by atoms with Crippen LogP contribution in [0.2, 0.25) is 0 Å². The van der Waals surface area contributed by atoms with Crippen LogP contribution in [0.4, 0.5) is 17.2 Å². The van der Waals surface area contributed by atoms with E-state index in [0.29, 0.717) is 10.8 Å². The molecule has 0 radical (unpaired) electrons. The van der Waals surface area contributed by atoms with Crippen molar-refractivity contribution in [2.45, 2.75) is 24.3 Å². The van der Waals surface area contributed by atoms with Gasteiger partial charge in [-0.2, -0.15) is 0 Å². The minimum absolute atomic E-state index is 0.0252. The van der Waals surface area contributed by atoms with Gasteiger partial charge in [-0.3, -0.25) is 4.79 Å². The zero-order valence-electron chi connectivity index (χ0n) is 17.0. The number of carbonyl (C=O) groups is 2. The van der Waals surface area contributed by atoms with Crippen LogP contribution in [-0.2, 0) is 14.3 Å². The van der Waals surface area contributed by atoms with Gasteiger partial charge in [0.15, 0.2) is 5.16 Å². The lowest BCUT2D eigenvalue weighted by atomic mass is 10.2. The summed E-state index contributed by atoms with van der Waals surface area (Å²) in [5.74, 6) is -0.731. The summed E-state index contributed by atoms with van der Waals surface area (Å²) < 4.78 is 10.3. The Balaban J connectivity index is 1.56. The van der Waals surface area contributed by atoms with Gasteiger partial charge in [0.05, 0.1) is 25.1 Å². The number of aromatic nitrogens is 2. The van der Waals surface area contributed by atoms with Gasteiger partial charge in [0.1, 0.15) is 11.4 Å². The molecule has 3 rings (SSSR count). The maximum Gasteiger partial charge on any atom is 0.343 e. The van der Waals surface area contributed by atoms with E-state index < -0.39 is 11.2 Å². The van der Waals surface area contributed by atoms with Gasteiger partial charge in [-0.05, 0) is 38.1 Å².